The van der Waals surface area contributed by atoms with Crippen LogP contribution in [0.5, 0.6) is 0 Å². The predicted octanol–water partition coefficient (Wildman–Crippen LogP) is 5.03. The number of halogens is 2. The maximum atomic E-state index is 6.00. The summed E-state index contributed by atoms with van der Waals surface area (Å²) in [7, 11) is 0. The summed E-state index contributed by atoms with van der Waals surface area (Å²) in [5.41, 5.74) is 1.05. The molecule has 106 valence electrons. The van der Waals surface area contributed by atoms with Crippen LogP contribution >= 0.6 is 27.5 Å². The molecular formula is C15H17BrClN3. The van der Waals surface area contributed by atoms with Crippen LogP contribution in [0.4, 0.5) is 5.95 Å². The molecule has 1 aromatic heterocycles. The number of rotatable bonds is 3. The Labute approximate surface area is 132 Å². The topological polar surface area (TPSA) is 29.9 Å². The molecule has 1 N–H and O–H groups in total. The molecule has 0 atom stereocenters. The third-order valence-corrected chi connectivity index (χ3v) is 4.62. The summed E-state index contributed by atoms with van der Waals surface area (Å²) in [5.74, 6) is 0.903. The largest absolute Gasteiger partial charge is 0.353 e. The Morgan fingerprint density at radius 1 is 1.25 bits per heavy atom. The SMILES string of the molecule is Clc1ccc(-n2ccnc2NC2CCCCC2)c(Br)c1. The predicted molar refractivity (Wildman–Crippen MR) is 86.8 cm³/mol. The standard InChI is InChI=1S/C15H17BrClN3/c16-13-10-11(17)6-7-14(13)20-9-8-18-15(20)19-12-4-2-1-3-5-12/h6-10,12H,1-5H2,(H,18,19). The molecule has 20 heavy (non-hydrogen) atoms. The Kier molecular flexibility index (Phi) is 4.32. The van der Waals surface area contributed by atoms with Gasteiger partial charge in [0.05, 0.1) is 5.69 Å². The Morgan fingerprint density at radius 2 is 2.05 bits per heavy atom. The average molecular weight is 355 g/mol. The van der Waals surface area contributed by atoms with Gasteiger partial charge in [-0.2, -0.15) is 0 Å². The molecule has 1 aliphatic rings. The van der Waals surface area contributed by atoms with Crippen LogP contribution in [0, 0.1) is 0 Å². The van der Waals surface area contributed by atoms with Crippen molar-refractivity contribution < 1.29 is 0 Å². The number of hydrogen-bond donors (Lipinski definition) is 1. The van der Waals surface area contributed by atoms with E-state index >= 15 is 0 Å². The van der Waals surface area contributed by atoms with Crippen LogP contribution in [0.1, 0.15) is 32.1 Å². The van der Waals surface area contributed by atoms with Gasteiger partial charge in [-0.1, -0.05) is 30.9 Å². The van der Waals surface area contributed by atoms with Gasteiger partial charge < -0.3 is 5.32 Å². The summed E-state index contributed by atoms with van der Waals surface area (Å²) >= 11 is 9.57. The number of hydrogen-bond acceptors (Lipinski definition) is 2. The lowest BCUT2D eigenvalue weighted by molar-refractivity contribution is 0.460. The summed E-state index contributed by atoms with van der Waals surface area (Å²) in [6.07, 6.45) is 10.2. The van der Waals surface area contributed by atoms with Gasteiger partial charge in [0.15, 0.2) is 0 Å². The fourth-order valence-corrected chi connectivity index (χ4v) is 3.58. The van der Waals surface area contributed by atoms with Crippen LogP contribution in [0.3, 0.4) is 0 Å². The highest BCUT2D eigenvalue weighted by molar-refractivity contribution is 9.10. The Hall–Kier alpha value is -1.00. The smallest absolute Gasteiger partial charge is 0.207 e. The summed E-state index contributed by atoms with van der Waals surface area (Å²) in [6.45, 7) is 0. The van der Waals surface area contributed by atoms with Gasteiger partial charge in [-0.05, 0) is 47.0 Å². The molecule has 0 aliphatic heterocycles. The zero-order valence-corrected chi connectivity index (χ0v) is 13.5. The van der Waals surface area contributed by atoms with Crippen LogP contribution in [-0.2, 0) is 0 Å². The van der Waals surface area contributed by atoms with Gasteiger partial charge in [-0.3, -0.25) is 4.57 Å². The fraction of sp³-hybridized carbons (Fsp3) is 0.400. The summed E-state index contributed by atoms with van der Waals surface area (Å²) < 4.78 is 3.03. The molecule has 2 aromatic rings. The van der Waals surface area contributed by atoms with Crippen molar-refractivity contribution in [3.05, 3.63) is 40.1 Å². The molecule has 0 radical (unpaired) electrons. The summed E-state index contributed by atoms with van der Waals surface area (Å²) in [6, 6.07) is 6.34. The maximum absolute atomic E-state index is 6.00. The van der Waals surface area contributed by atoms with Gasteiger partial charge in [-0.15, -0.1) is 0 Å². The minimum atomic E-state index is 0.538. The van der Waals surface area contributed by atoms with Gasteiger partial charge in [0.25, 0.3) is 0 Å². The van der Waals surface area contributed by atoms with Crippen LogP contribution in [0.25, 0.3) is 5.69 Å². The molecule has 1 fully saturated rings. The first kappa shape index (κ1) is 14.0. The Morgan fingerprint density at radius 3 is 2.80 bits per heavy atom. The third kappa shape index (κ3) is 3.01. The molecule has 1 saturated carbocycles. The number of imidazole rings is 1. The van der Waals surface area contributed by atoms with Crippen LogP contribution in [0.2, 0.25) is 5.02 Å². The maximum Gasteiger partial charge on any atom is 0.207 e. The van der Waals surface area contributed by atoms with E-state index in [1.807, 2.05) is 30.6 Å². The van der Waals surface area contributed by atoms with Crippen molar-refractivity contribution in [1.29, 1.82) is 0 Å². The van der Waals surface area contributed by atoms with Crippen molar-refractivity contribution in [2.45, 2.75) is 38.1 Å². The molecule has 0 amide bonds. The lowest BCUT2D eigenvalue weighted by atomic mass is 9.96. The molecule has 3 rings (SSSR count). The summed E-state index contributed by atoms with van der Waals surface area (Å²) in [4.78, 5) is 4.45. The van der Waals surface area contributed by atoms with Crippen molar-refractivity contribution in [3.8, 4) is 5.69 Å². The highest BCUT2D eigenvalue weighted by atomic mass is 79.9. The first-order valence-electron chi connectivity index (χ1n) is 6.99. The van der Waals surface area contributed by atoms with E-state index in [4.69, 9.17) is 11.6 Å². The van der Waals surface area contributed by atoms with E-state index in [1.165, 1.54) is 32.1 Å². The van der Waals surface area contributed by atoms with E-state index in [0.29, 0.717) is 6.04 Å². The Balaban J connectivity index is 1.85. The van der Waals surface area contributed by atoms with E-state index in [2.05, 4.69) is 30.8 Å². The first-order valence-corrected chi connectivity index (χ1v) is 8.16. The summed E-state index contributed by atoms with van der Waals surface area (Å²) in [5, 5.41) is 4.29. The van der Waals surface area contributed by atoms with Crippen molar-refractivity contribution in [1.82, 2.24) is 9.55 Å². The van der Waals surface area contributed by atoms with Gasteiger partial charge in [0, 0.05) is 27.9 Å². The molecule has 0 spiro atoms. The van der Waals surface area contributed by atoms with E-state index < -0.39 is 0 Å². The van der Waals surface area contributed by atoms with Gasteiger partial charge in [0.2, 0.25) is 5.95 Å². The molecule has 0 bridgehead atoms. The number of benzene rings is 1. The molecule has 0 unspecified atom stereocenters. The molecule has 3 nitrogen and oxygen atoms in total. The van der Waals surface area contributed by atoms with Gasteiger partial charge in [-0.25, -0.2) is 4.98 Å². The van der Waals surface area contributed by atoms with Crippen molar-refractivity contribution in [2.75, 3.05) is 5.32 Å². The van der Waals surface area contributed by atoms with Crippen LogP contribution in [-0.4, -0.2) is 15.6 Å². The van der Waals surface area contributed by atoms with Crippen molar-refractivity contribution in [2.24, 2.45) is 0 Å². The number of nitrogens with one attached hydrogen (secondary N) is 1. The zero-order chi connectivity index (χ0) is 13.9. The molecular weight excluding hydrogens is 338 g/mol. The third-order valence-electron chi connectivity index (χ3n) is 3.75. The normalized spacial score (nSPS) is 16.3. The molecule has 1 heterocycles. The zero-order valence-electron chi connectivity index (χ0n) is 11.1. The van der Waals surface area contributed by atoms with E-state index in [1.54, 1.807) is 0 Å². The van der Waals surface area contributed by atoms with Crippen LogP contribution < -0.4 is 5.32 Å². The van der Waals surface area contributed by atoms with Crippen LogP contribution in [0.15, 0.2) is 35.1 Å². The van der Waals surface area contributed by atoms with Gasteiger partial charge in [0.1, 0.15) is 0 Å². The molecule has 1 aliphatic carbocycles. The number of nitrogens with zero attached hydrogens (tertiary/aromatic N) is 2. The minimum absolute atomic E-state index is 0.538. The first-order chi connectivity index (χ1) is 9.74. The van der Waals surface area contributed by atoms with E-state index in [9.17, 15) is 0 Å². The number of aromatic nitrogens is 2. The molecule has 0 saturated heterocycles. The second-order valence-corrected chi connectivity index (χ2v) is 6.49. The van der Waals surface area contributed by atoms with Crippen molar-refractivity contribution >= 4 is 33.5 Å². The minimum Gasteiger partial charge on any atom is -0.353 e. The lowest BCUT2D eigenvalue weighted by Gasteiger charge is -2.23. The fourth-order valence-electron chi connectivity index (χ4n) is 2.71. The quantitative estimate of drug-likeness (QED) is 0.837. The van der Waals surface area contributed by atoms with Crippen molar-refractivity contribution in [3.63, 3.8) is 0 Å². The monoisotopic (exact) mass is 353 g/mol. The highest BCUT2D eigenvalue weighted by Crippen LogP contribution is 2.28. The molecule has 5 heteroatoms. The van der Waals surface area contributed by atoms with E-state index in [0.717, 1.165) is 21.1 Å². The lowest BCUT2D eigenvalue weighted by Crippen LogP contribution is -2.24. The van der Waals surface area contributed by atoms with Gasteiger partial charge >= 0.3 is 0 Å². The molecule has 1 aromatic carbocycles. The van der Waals surface area contributed by atoms with E-state index in [-0.39, 0.29) is 0 Å². The second kappa shape index (κ2) is 6.19. The number of anilines is 1. The Bertz CT molecular complexity index is 591. The highest BCUT2D eigenvalue weighted by Gasteiger charge is 2.16. The average Bonchev–Trinajstić information content (AvgIpc) is 2.88. The second-order valence-electron chi connectivity index (χ2n) is 5.20.